The van der Waals surface area contributed by atoms with E-state index in [9.17, 15) is 9.41 Å². The number of aryl methyl sites for hydroxylation is 1. The van der Waals surface area contributed by atoms with Gasteiger partial charge in [0.05, 0.1) is 6.61 Å². The number of nitrogens with zero attached hydrogens (tertiary/aromatic N) is 2. The molecule has 0 bridgehead atoms. The van der Waals surface area contributed by atoms with Gasteiger partial charge in [-0.25, -0.2) is 9.37 Å². The van der Waals surface area contributed by atoms with Gasteiger partial charge in [-0.2, -0.15) is 4.98 Å². The maximum atomic E-state index is 14.2. The second kappa shape index (κ2) is 7.37. The van der Waals surface area contributed by atoms with E-state index in [4.69, 9.17) is 4.65 Å². The van der Waals surface area contributed by atoms with Crippen LogP contribution in [0.3, 0.4) is 0 Å². The molecule has 0 radical (unpaired) electrons. The molecule has 2 heterocycles. The van der Waals surface area contributed by atoms with E-state index in [2.05, 4.69) is 34.4 Å². The minimum absolute atomic E-state index is 0.180. The maximum absolute atomic E-state index is 14.2. The highest BCUT2D eigenvalue weighted by Gasteiger charge is 2.31. The minimum Gasteiger partial charge on any atom is -0.423 e. The highest BCUT2D eigenvalue weighted by molar-refractivity contribution is 6.61. The fourth-order valence-electron chi connectivity index (χ4n) is 2.86. The Morgan fingerprint density at radius 1 is 1.36 bits per heavy atom. The zero-order valence-electron chi connectivity index (χ0n) is 14.6. The molecular weight excluding hydrogens is 322 g/mol. The molecule has 2 aromatic rings. The molecule has 3 N–H and O–H groups in total. The number of halogens is 1. The van der Waals surface area contributed by atoms with Gasteiger partial charge in [-0.1, -0.05) is 13.8 Å². The van der Waals surface area contributed by atoms with E-state index in [0.29, 0.717) is 23.2 Å². The summed E-state index contributed by atoms with van der Waals surface area (Å²) in [6, 6.07) is 3.40. The van der Waals surface area contributed by atoms with Gasteiger partial charge in [-0.15, -0.1) is 0 Å². The average molecular weight is 344 g/mol. The summed E-state index contributed by atoms with van der Waals surface area (Å²) in [6.45, 7) is 6.38. The van der Waals surface area contributed by atoms with Gasteiger partial charge in [-0.3, -0.25) is 0 Å². The Balaban J connectivity index is 1.83. The number of hydrogen-bond acceptors (Lipinski definition) is 6. The van der Waals surface area contributed by atoms with E-state index in [1.165, 1.54) is 6.07 Å². The van der Waals surface area contributed by atoms with Gasteiger partial charge >= 0.3 is 7.12 Å². The number of anilines is 3. The van der Waals surface area contributed by atoms with Crippen molar-refractivity contribution < 1.29 is 14.1 Å². The van der Waals surface area contributed by atoms with Gasteiger partial charge in [0.15, 0.2) is 0 Å². The largest absolute Gasteiger partial charge is 0.494 e. The zero-order chi connectivity index (χ0) is 18.0. The number of fused-ring (bicyclic) bond motifs is 1. The molecule has 0 aliphatic carbocycles. The quantitative estimate of drug-likeness (QED) is 0.699. The van der Waals surface area contributed by atoms with Crippen LogP contribution in [0.15, 0.2) is 18.3 Å². The molecule has 0 amide bonds. The summed E-state index contributed by atoms with van der Waals surface area (Å²) in [5.74, 6) is 0.650. The zero-order valence-corrected chi connectivity index (χ0v) is 14.6. The Morgan fingerprint density at radius 3 is 2.84 bits per heavy atom. The van der Waals surface area contributed by atoms with Crippen LogP contribution in [-0.2, 0) is 11.3 Å². The van der Waals surface area contributed by atoms with Crippen LogP contribution in [0.5, 0.6) is 0 Å². The summed E-state index contributed by atoms with van der Waals surface area (Å²) in [5.41, 5.74) is 2.30. The third-order valence-corrected chi connectivity index (χ3v) is 4.41. The lowest BCUT2D eigenvalue weighted by molar-refractivity contribution is 0.275. The Kier molecular flexibility index (Phi) is 5.20. The van der Waals surface area contributed by atoms with E-state index < -0.39 is 12.9 Å². The molecule has 0 fully saturated rings. The van der Waals surface area contributed by atoms with Gasteiger partial charge in [0.25, 0.3) is 0 Å². The maximum Gasteiger partial charge on any atom is 0.494 e. The molecule has 1 aromatic heterocycles. The predicted molar refractivity (Wildman–Crippen MR) is 96.8 cm³/mol. The molecule has 0 saturated carbocycles. The molecule has 0 saturated heterocycles. The molecule has 1 aliphatic heterocycles. The topological polar surface area (TPSA) is 79.3 Å². The van der Waals surface area contributed by atoms with Crippen molar-refractivity contribution in [3.05, 3.63) is 35.3 Å². The Labute approximate surface area is 147 Å². The van der Waals surface area contributed by atoms with Crippen LogP contribution in [0, 0.1) is 12.7 Å². The molecule has 0 atom stereocenters. The lowest BCUT2D eigenvalue weighted by atomic mass is 9.79. The Morgan fingerprint density at radius 2 is 2.12 bits per heavy atom. The first-order valence-corrected chi connectivity index (χ1v) is 8.51. The van der Waals surface area contributed by atoms with Crippen molar-refractivity contribution in [2.24, 2.45) is 0 Å². The van der Waals surface area contributed by atoms with Gasteiger partial charge in [0.1, 0.15) is 11.6 Å². The Bertz CT molecular complexity index is 771. The monoisotopic (exact) mass is 344 g/mol. The minimum atomic E-state index is -1.20. The average Bonchev–Trinajstić information content (AvgIpc) is 2.96. The van der Waals surface area contributed by atoms with Crippen LogP contribution in [0.25, 0.3) is 0 Å². The lowest BCUT2D eigenvalue weighted by Gasteiger charge is -2.17. The summed E-state index contributed by atoms with van der Waals surface area (Å²) >= 11 is 0. The van der Waals surface area contributed by atoms with Crippen molar-refractivity contribution in [2.45, 2.75) is 46.3 Å². The molecule has 6 nitrogen and oxygen atoms in total. The molecule has 0 unspecified atom stereocenters. The molecule has 132 valence electrons. The van der Waals surface area contributed by atoms with Crippen LogP contribution in [0.4, 0.5) is 21.8 Å². The van der Waals surface area contributed by atoms with Crippen molar-refractivity contribution in [2.75, 3.05) is 10.6 Å². The molecule has 1 aromatic carbocycles. The van der Waals surface area contributed by atoms with E-state index >= 15 is 0 Å². The smallest absolute Gasteiger partial charge is 0.423 e. The van der Waals surface area contributed by atoms with Crippen LogP contribution < -0.4 is 16.1 Å². The van der Waals surface area contributed by atoms with Crippen molar-refractivity contribution in [1.82, 2.24) is 9.97 Å². The lowest BCUT2D eigenvalue weighted by Crippen LogP contribution is -2.31. The summed E-state index contributed by atoms with van der Waals surface area (Å²) in [6.07, 6.45) is 3.73. The van der Waals surface area contributed by atoms with Crippen LogP contribution >= 0.6 is 0 Å². The van der Waals surface area contributed by atoms with Crippen LogP contribution in [0.2, 0.25) is 0 Å². The second-order valence-corrected chi connectivity index (χ2v) is 6.20. The van der Waals surface area contributed by atoms with Crippen molar-refractivity contribution in [3.63, 3.8) is 0 Å². The van der Waals surface area contributed by atoms with Gasteiger partial charge in [0.2, 0.25) is 5.95 Å². The third-order valence-electron chi connectivity index (χ3n) is 4.41. The number of benzene rings is 1. The fourth-order valence-corrected chi connectivity index (χ4v) is 2.86. The number of nitrogens with one attached hydrogen (secondary N) is 2. The number of rotatable bonds is 6. The first-order valence-electron chi connectivity index (χ1n) is 8.51. The van der Waals surface area contributed by atoms with Crippen LogP contribution in [0.1, 0.15) is 37.8 Å². The normalized spacial score (nSPS) is 13.3. The molecular formula is C17H22BFN4O2. The van der Waals surface area contributed by atoms with Crippen molar-refractivity contribution in [3.8, 4) is 0 Å². The third kappa shape index (κ3) is 3.75. The molecule has 3 rings (SSSR count). The number of hydrogen-bond donors (Lipinski definition) is 3. The first kappa shape index (κ1) is 17.6. The van der Waals surface area contributed by atoms with Gasteiger partial charge < -0.3 is 20.3 Å². The summed E-state index contributed by atoms with van der Waals surface area (Å²) in [7, 11) is -1.20. The standard InChI is InChI=1S/C17H22BFN4O2/c1-4-12(5-2)21-16-10(3)8-20-17(23-16)22-13-6-11-9-25-18(24)15(11)14(19)7-13/h6-8,12,24H,4-5,9H2,1-3H3,(H2,20,21,22,23). The molecule has 0 spiro atoms. The van der Waals surface area contributed by atoms with E-state index in [1.807, 2.05) is 6.92 Å². The van der Waals surface area contributed by atoms with Crippen LogP contribution in [-0.4, -0.2) is 28.2 Å². The number of aromatic nitrogens is 2. The molecule has 25 heavy (non-hydrogen) atoms. The predicted octanol–water partition coefficient (Wildman–Crippen LogP) is 2.49. The summed E-state index contributed by atoms with van der Waals surface area (Å²) in [4.78, 5) is 8.77. The van der Waals surface area contributed by atoms with Gasteiger partial charge in [0, 0.05) is 29.0 Å². The van der Waals surface area contributed by atoms with E-state index in [1.54, 1.807) is 12.3 Å². The first-order chi connectivity index (χ1) is 12.0. The SMILES string of the molecule is CCC(CC)Nc1nc(Nc2cc(F)c3c(c2)COB3O)ncc1C. The van der Waals surface area contributed by atoms with Gasteiger partial charge in [-0.05, 0) is 37.5 Å². The van der Waals surface area contributed by atoms with Crippen molar-refractivity contribution in [1.29, 1.82) is 0 Å². The fraction of sp³-hybridized carbons (Fsp3) is 0.412. The Hall–Kier alpha value is -2.19. The summed E-state index contributed by atoms with van der Waals surface area (Å²) < 4.78 is 19.2. The molecule has 1 aliphatic rings. The van der Waals surface area contributed by atoms with E-state index in [-0.39, 0.29) is 12.1 Å². The summed E-state index contributed by atoms with van der Waals surface area (Å²) in [5, 5.41) is 16.1. The van der Waals surface area contributed by atoms with Crippen molar-refractivity contribution >= 4 is 30.0 Å². The van der Waals surface area contributed by atoms with E-state index in [0.717, 1.165) is 24.2 Å². The highest BCUT2D eigenvalue weighted by Crippen LogP contribution is 2.22. The second-order valence-electron chi connectivity index (χ2n) is 6.20. The highest BCUT2D eigenvalue weighted by atomic mass is 19.1. The molecule has 8 heteroatoms.